The van der Waals surface area contributed by atoms with Gasteiger partial charge in [-0.3, -0.25) is 19.3 Å². The first kappa shape index (κ1) is 35.2. The maximum absolute atomic E-state index is 15.8. The van der Waals surface area contributed by atoms with Crippen molar-refractivity contribution in [2.75, 3.05) is 26.2 Å². The van der Waals surface area contributed by atoms with Gasteiger partial charge >= 0.3 is 5.97 Å². The van der Waals surface area contributed by atoms with Crippen LogP contribution in [0.1, 0.15) is 73.6 Å². The summed E-state index contributed by atoms with van der Waals surface area (Å²) in [6, 6.07) is 8.44. The minimum Gasteiger partial charge on any atom is -0.466 e. The summed E-state index contributed by atoms with van der Waals surface area (Å²) in [6.45, 7) is 12.5. The Morgan fingerprint density at radius 1 is 1.11 bits per heavy atom. The number of aromatic nitrogens is 2. The Hall–Kier alpha value is -3.63. The minimum atomic E-state index is -1.15. The molecule has 0 aliphatic carbocycles. The van der Waals surface area contributed by atoms with E-state index in [4.69, 9.17) is 16.3 Å². The molecule has 8 nitrogen and oxygen atoms in total. The second-order valence-corrected chi connectivity index (χ2v) is 12.9. The molecule has 4 rings (SSSR count). The molecule has 1 aliphatic heterocycles. The molecule has 11 heteroatoms. The van der Waals surface area contributed by atoms with Gasteiger partial charge in [-0.15, -0.1) is 0 Å². The maximum atomic E-state index is 15.8. The SMILES string of the molecule is CCOC(=O)CC(NC(=O)C(CC(C)C)n1nc(CCN2CC(F)C2)cc(C)c1=O)c1cc(-c2c(C)cccc2C)cc(Cl)c1F. The second kappa shape index (κ2) is 15.3. The van der Waals surface area contributed by atoms with Gasteiger partial charge in [0.25, 0.3) is 5.56 Å². The lowest BCUT2D eigenvalue weighted by molar-refractivity contribution is -0.144. The standard InChI is InChI=1S/C35H43ClF2N4O4/c1-7-46-31(43)17-29(27-15-24(16-28(36)33(27)38)32-21(4)9-8-10-22(32)5)39-34(44)30(13-20(2)3)42-35(45)23(6)14-26(40-42)11-12-41-18-25(37)19-41/h8-10,14-16,20,25,29-30H,7,11-13,17-19H2,1-6H3,(H,39,44). The molecular formula is C35H43ClF2N4O4. The summed E-state index contributed by atoms with van der Waals surface area (Å²) < 4.78 is 35.5. The van der Waals surface area contributed by atoms with E-state index in [-0.39, 0.29) is 36.0 Å². The molecule has 1 aliphatic rings. The molecule has 1 saturated heterocycles. The molecule has 0 bridgehead atoms. The molecule has 1 aromatic heterocycles. The Morgan fingerprint density at radius 2 is 1.78 bits per heavy atom. The minimum absolute atomic E-state index is 0.0157. The summed E-state index contributed by atoms with van der Waals surface area (Å²) in [5.74, 6) is -2.00. The third kappa shape index (κ3) is 8.39. The summed E-state index contributed by atoms with van der Waals surface area (Å²) in [6.07, 6.45) is -0.449. The normalized spacial score (nSPS) is 15.0. The maximum Gasteiger partial charge on any atom is 0.308 e. The van der Waals surface area contributed by atoms with Gasteiger partial charge in [-0.05, 0) is 80.5 Å². The van der Waals surface area contributed by atoms with E-state index in [1.165, 1.54) is 10.7 Å². The van der Waals surface area contributed by atoms with E-state index in [0.717, 1.165) is 16.7 Å². The number of rotatable bonds is 13. The zero-order valence-corrected chi connectivity index (χ0v) is 28.1. The van der Waals surface area contributed by atoms with E-state index in [2.05, 4.69) is 10.4 Å². The highest BCUT2D eigenvalue weighted by molar-refractivity contribution is 6.31. The number of aryl methyl sites for hydroxylation is 3. The lowest BCUT2D eigenvalue weighted by atomic mass is 9.92. The molecule has 1 amide bonds. The van der Waals surface area contributed by atoms with Crippen LogP contribution in [0.3, 0.4) is 0 Å². The molecular weight excluding hydrogens is 614 g/mol. The van der Waals surface area contributed by atoms with Crippen molar-refractivity contribution in [3.8, 4) is 11.1 Å². The van der Waals surface area contributed by atoms with Crippen molar-refractivity contribution in [1.29, 1.82) is 0 Å². The summed E-state index contributed by atoms with van der Waals surface area (Å²) in [5.41, 5.74) is 4.04. The highest BCUT2D eigenvalue weighted by atomic mass is 35.5. The van der Waals surface area contributed by atoms with Crippen molar-refractivity contribution in [2.24, 2.45) is 5.92 Å². The number of halogens is 3. The predicted octanol–water partition coefficient (Wildman–Crippen LogP) is 6.22. The van der Waals surface area contributed by atoms with E-state index in [1.54, 1.807) is 26.0 Å². The molecule has 1 N–H and O–H groups in total. The van der Waals surface area contributed by atoms with Gasteiger partial charge in [0.1, 0.15) is 18.0 Å². The van der Waals surface area contributed by atoms with Crippen LogP contribution < -0.4 is 10.9 Å². The number of benzene rings is 2. The molecule has 2 aromatic carbocycles. The van der Waals surface area contributed by atoms with Crippen molar-refractivity contribution in [1.82, 2.24) is 20.0 Å². The fraction of sp³-hybridized carbons (Fsp3) is 0.486. The average molecular weight is 657 g/mol. The van der Waals surface area contributed by atoms with Crippen LogP contribution in [-0.2, 0) is 20.7 Å². The van der Waals surface area contributed by atoms with Crippen molar-refractivity contribution in [3.05, 3.63) is 85.5 Å². The zero-order valence-electron chi connectivity index (χ0n) is 27.3. The topological polar surface area (TPSA) is 93.5 Å². The van der Waals surface area contributed by atoms with Crippen LogP contribution in [0.25, 0.3) is 11.1 Å². The van der Waals surface area contributed by atoms with Crippen LogP contribution in [0.4, 0.5) is 8.78 Å². The molecule has 2 atom stereocenters. The van der Waals surface area contributed by atoms with Gasteiger partial charge < -0.3 is 10.1 Å². The van der Waals surface area contributed by atoms with Gasteiger partial charge in [0.15, 0.2) is 0 Å². The highest BCUT2D eigenvalue weighted by Crippen LogP contribution is 2.35. The fourth-order valence-corrected chi connectivity index (χ4v) is 6.16. The summed E-state index contributed by atoms with van der Waals surface area (Å²) in [4.78, 5) is 42.3. The molecule has 46 heavy (non-hydrogen) atoms. The first-order valence-corrected chi connectivity index (χ1v) is 16.1. The van der Waals surface area contributed by atoms with Crippen LogP contribution in [0.5, 0.6) is 0 Å². The number of ether oxygens (including phenoxy) is 1. The van der Waals surface area contributed by atoms with Crippen LogP contribution in [0.15, 0.2) is 41.2 Å². The third-order valence-electron chi connectivity index (χ3n) is 8.25. The van der Waals surface area contributed by atoms with E-state index >= 15 is 4.39 Å². The summed E-state index contributed by atoms with van der Waals surface area (Å²) >= 11 is 6.43. The van der Waals surface area contributed by atoms with Crippen LogP contribution >= 0.6 is 11.6 Å². The van der Waals surface area contributed by atoms with Crippen LogP contribution in [-0.4, -0.2) is 59.0 Å². The number of likely N-dealkylation sites (tertiary alicyclic amines) is 1. The molecule has 2 unspecified atom stereocenters. The van der Waals surface area contributed by atoms with Crippen LogP contribution in [0, 0.1) is 32.5 Å². The highest BCUT2D eigenvalue weighted by Gasteiger charge is 2.31. The monoisotopic (exact) mass is 656 g/mol. The predicted molar refractivity (Wildman–Crippen MR) is 175 cm³/mol. The fourth-order valence-electron chi connectivity index (χ4n) is 5.94. The van der Waals surface area contributed by atoms with Crippen molar-refractivity contribution in [2.45, 2.75) is 79.1 Å². The summed E-state index contributed by atoms with van der Waals surface area (Å²) in [7, 11) is 0. The molecule has 3 aromatic rings. The lowest BCUT2D eigenvalue weighted by Gasteiger charge is -2.34. The van der Waals surface area contributed by atoms with Gasteiger partial charge in [0, 0.05) is 37.2 Å². The van der Waals surface area contributed by atoms with Gasteiger partial charge in [-0.1, -0.05) is 43.6 Å². The van der Waals surface area contributed by atoms with E-state index < -0.39 is 41.5 Å². The number of amides is 1. The molecule has 248 valence electrons. The number of hydrogen-bond acceptors (Lipinski definition) is 6. The first-order chi connectivity index (χ1) is 21.8. The smallest absolute Gasteiger partial charge is 0.308 e. The Bertz CT molecular complexity index is 1620. The van der Waals surface area contributed by atoms with Gasteiger partial charge in [-0.2, -0.15) is 5.10 Å². The summed E-state index contributed by atoms with van der Waals surface area (Å²) in [5, 5.41) is 7.27. The largest absolute Gasteiger partial charge is 0.466 e. The lowest BCUT2D eigenvalue weighted by Crippen LogP contribution is -2.49. The third-order valence-corrected chi connectivity index (χ3v) is 8.52. The van der Waals surface area contributed by atoms with Crippen LogP contribution in [0.2, 0.25) is 5.02 Å². The molecule has 2 heterocycles. The quantitative estimate of drug-likeness (QED) is 0.220. The number of carbonyl (C=O) groups is 2. The van der Waals surface area contributed by atoms with E-state index in [9.17, 15) is 18.8 Å². The Balaban J connectivity index is 1.73. The Kier molecular flexibility index (Phi) is 11.7. The number of hydrogen-bond donors (Lipinski definition) is 1. The number of nitrogens with zero attached hydrogens (tertiary/aromatic N) is 3. The zero-order chi connectivity index (χ0) is 33.7. The van der Waals surface area contributed by atoms with E-state index in [0.29, 0.717) is 42.9 Å². The number of alkyl halides is 1. The molecule has 1 fully saturated rings. The van der Waals surface area contributed by atoms with E-state index in [1.807, 2.05) is 50.8 Å². The Morgan fingerprint density at radius 3 is 2.39 bits per heavy atom. The average Bonchev–Trinajstić information content (AvgIpc) is 2.96. The number of nitrogens with one attached hydrogen (secondary N) is 1. The number of carbonyl (C=O) groups excluding carboxylic acids is 2. The van der Waals surface area contributed by atoms with Gasteiger partial charge in [-0.25, -0.2) is 13.5 Å². The Labute approximate surface area is 274 Å². The molecule has 0 radical (unpaired) electrons. The first-order valence-electron chi connectivity index (χ1n) is 15.8. The van der Waals surface area contributed by atoms with Gasteiger partial charge in [0.05, 0.1) is 29.8 Å². The second-order valence-electron chi connectivity index (χ2n) is 12.5. The van der Waals surface area contributed by atoms with Crippen molar-refractivity contribution >= 4 is 23.5 Å². The number of esters is 1. The molecule has 0 spiro atoms. The van der Waals surface area contributed by atoms with Gasteiger partial charge in [0.2, 0.25) is 5.91 Å². The van der Waals surface area contributed by atoms with Crippen molar-refractivity contribution in [3.63, 3.8) is 0 Å². The van der Waals surface area contributed by atoms with Crippen molar-refractivity contribution < 1.29 is 23.1 Å². The molecule has 0 saturated carbocycles.